The number of aliphatic hydroxyl groups is 1. The van der Waals surface area contributed by atoms with E-state index in [0.29, 0.717) is 0 Å². The number of nitrogens with one attached hydrogen (secondary N) is 1. The van der Waals surface area contributed by atoms with Crippen LogP contribution < -0.4 is 0 Å². The number of aliphatic hydroxyl groups excluding tert-OH is 1. The normalized spacial score (nSPS) is 24.2. The summed E-state index contributed by atoms with van der Waals surface area (Å²) < 4.78 is 37.9. The number of H-pyrrole nitrogens is 1. The minimum atomic E-state index is -5.29. The molecule has 0 amide bonds. The number of hydrogen-bond acceptors (Lipinski definition) is 10. The van der Waals surface area contributed by atoms with Crippen LogP contribution >= 0.6 is 7.82 Å². The highest BCUT2D eigenvalue weighted by Crippen LogP contribution is 2.42. The lowest BCUT2D eigenvalue weighted by Gasteiger charge is -2.42. The van der Waals surface area contributed by atoms with Crippen LogP contribution in [-0.2, 0) is 32.8 Å². The van der Waals surface area contributed by atoms with Crippen LogP contribution in [0.2, 0.25) is 0 Å². The molecule has 2 aromatic rings. The van der Waals surface area contributed by atoms with Gasteiger partial charge in [-0.05, 0) is 38.1 Å². The molecule has 13 nitrogen and oxygen atoms in total. The lowest BCUT2D eigenvalue weighted by atomic mass is 9.99. The van der Waals surface area contributed by atoms with Crippen molar-refractivity contribution in [2.45, 2.75) is 44.6 Å². The van der Waals surface area contributed by atoms with Gasteiger partial charge in [-0.2, -0.15) is 0 Å². The van der Waals surface area contributed by atoms with E-state index in [-0.39, 0.29) is 16.8 Å². The zero-order valence-electron chi connectivity index (χ0n) is 19.8. The Hall–Kier alpha value is -3.32. The fourth-order valence-electron chi connectivity index (χ4n) is 3.31. The molecule has 1 aliphatic heterocycles. The summed E-state index contributed by atoms with van der Waals surface area (Å²) >= 11 is 0. The van der Waals surface area contributed by atoms with E-state index in [2.05, 4.69) is 4.98 Å². The SMILES string of the molecule is C/C=C(\C)C(=O)OC[C@H]1O[C@@H](OC(=O)c2ccc[nH]2)[C@H](OC(=O)c2ccccc2)[C@@H](OP(=O)(O)O)[C@@H]1O. The number of phosphoric ester groups is 1. The molecule has 0 aliphatic carbocycles. The summed E-state index contributed by atoms with van der Waals surface area (Å²) in [6, 6.07) is 10.5. The maximum absolute atomic E-state index is 12.8. The minimum Gasteiger partial charge on any atom is -0.459 e. The van der Waals surface area contributed by atoms with Crippen molar-refractivity contribution in [2.24, 2.45) is 0 Å². The monoisotopic (exact) mass is 539 g/mol. The van der Waals surface area contributed by atoms with Crippen LogP contribution in [0.3, 0.4) is 0 Å². The molecular formula is C23H26NO12P. The Labute approximate surface area is 211 Å². The minimum absolute atomic E-state index is 0.0120. The Kier molecular flexibility index (Phi) is 9.38. The molecule has 2 heterocycles. The number of carbonyl (C=O) groups is 3. The van der Waals surface area contributed by atoms with Crippen LogP contribution in [0, 0.1) is 0 Å². The first-order valence-corrected chi connectivity index (χ1v) is 12.5. The Morgan fingerprint density at radius 1 is 1.05 bits per heavy atom. The van der Waals surface area contributed by atoms with Crippen molar-refractivity contribution < 1.29 is 57.3 Å². The number of aromatic nitrogens is 1. The van der Waals surface area contributed by atoms with Gasteiger partial charge >= 0.3 is 25.7 Å². The zero-order chi connectivity index (χ0) is 27.2. The van der Waals surface area contributed by atoms with Gasteiger partial charge in [0.2, 0.25) is 6.29 Å². The summed E-state index contributed by atoms with van der Waals surface area (Å²) in [6.07, 6.45) is -6.05. The van der Waals surface area contributed by atoms with Gasteiger partial charge in [-0.25, -0.2) is 18.9 Å². The first-order chi connectivity index (χ1) is 17.5. The Bertz CT molecular complexity index is 1160. The van der Waals surface area contributed by atoms with Gasteiger partial charge in [0.1, 0.15) is 30.6 Å². The van der Waals surface area contributed by atoms with Crippen molar-refractivity contribution >= 4 is 25.7 Å². The maximum Gasteiger partial charge on any atom is 0.470 e. The molecule has 1 saturated heterocycles. The first kappa shape index (κ1) is 28.3. The topological polar surface area (TPSA) is 191 Å². The van der Waals surface area contributed by atoms with Crippen molar-refractivity contribution in [1.82, 2.24) is 4.98 Å². The fraction of sp³-hybridized carbons (Fsp3) is 0.348. The van der Waals surface area contributed by atoms with Gasteiger partial charge in [0, 0.05) is 11.8 Å². The third-order valence-corrected chi connectivity index (χ3v) is 5.82. The predicted molar refractivity (Wildman–Crippen MR) is 124 cm³/mol. The molecule has 1 fully saturated rings. The number of aromatic amines is 1. The van der Waals surface area contributed by atoms with Gasteiger partial charge in [0.05, 0.1) is 5.56 Å². The van der Waals surface area contributed by atoms with E-state index >= 15 is 0 Å². The quantitative estimate of drug-likeness (QED) is 0.156. The van der Waals surface area contributed by atoms with E-state index in [4.69, 9.17) is 23.5 Å². The van der Waals surface area contributed by atoms with Crippen LogP contribution in [0.5, 0.6) is 0 Å². The van der Waals surface area contributed by atoms with Gasteiger partial charge in [-0.1, -0.05) is 24.3 Å². The summed E-state index contributed by atoms with van der Waals surface area (Å²) in [6.45, 7) is 2.48. The van der Waals surface area contributed by atoms with Gasteiger partial charge in [-0.3, -0.25) is 4.52 Å². The molecule has 4 N–H and O–H groups in total. The third-order valence-electron chi connectivity index (χ3n) is 5.30. The molecule has 0 saturated carbocycles. The average Bonchev–Trinajstić information content (AvgIpc) is 3.41. The molecular weight excluding hydrogens is 513 g/mol. The van der Waals surface area contributed by atoms with E-state index in [1.807, 2.05) is 0 Å². The molecule has 3 rings (SSSR count). The van der Waals surface area contributed by atoms with Crippen LogP contribution in [0.4, 0.5) is 0 Å². The highest BCUT2D eigenvalue weighted by molar-refractivity contribution is 7.46. The summed E-state index contributed by atoms with van der Waals surface area (Å²) in [5.74, 6) is -2.69. The number of hydrogen-bond donors (Lipinski definition) is 4. The Balaban J connectivity index is 1.93. The second-order valence-corrected chi connectivity index (χ2v) is 9.08. The zero-order valence-corrected chi connectivity index (χ0v) is 20.6. The van der Waals surface area contributed by atoms with E-state index in [1.165, 1.54) is 43.5 Å². The van der Waals surface area contributed by atoms with E-state index in [0.717, 1.165) is 0 Å². The summed E-state index contributed by atoms with van der Waals surface area (Å²) in [7, 11) is -5.29. The standard InChI is InChI=1S/C23H26NO12P/c1-3-13(2)20(26)32-12-16-17(25)18(36-37(29,30)31)19(34-21(27)14-8-5-4-6-9-14)23(33-16)35-22(28)15-10-7-11-24-15/h3-11,16-19,23-25H,12H2,1-2H3,(H2,29,30,31)/b13-3+/t16-,17-,18+,19-,23+/m1/s1. The molecule has 0 unspecified atom stereocenters. The molecule has 37 heavy (non-hydrogen) atoms. The highest BCUT2D eigenvalue weighted by atomic mass is 31.2. The Morgan fingerprint density at radius 2 is 1.76 bits per heavy atom. The molecule has 0 spiro atoms. The van der Waals surface area contributed by atoms with Crippen LogP contribution in [0.15, 0.2) is 60.3 Å². The summed E-state index contributed by atoms with van der Waals surface area (Å²) in [4.78, 5) is 59.0. The molecule has 1 aromatic carbocycles. The second-order valence-electron chi connectivity index (χ2n) is 7.89. The van der Waals surface area contributed by atoms with E-state index in [1.54, 1.807) is 25.1 Å². The second kappa shape index (κ2) is 12.3. The number of rotatable bonds is 9. The Morgan fingerprint density at radius 3 is 2.35 bits per heavy atom. The van der Waals surface area contributed by atoms with Crippen molar-refractivity contribution in [2.75, 3.05) is 6.61 Å². The lowest BCUT2D eigenvalue weighted by molar-refractivity contribution is -0.282. The van der Waals surface area contributed by atoms with Gasteiger partial charge in [0.15, 0.2) is 6.10 Å². The summed E-state index contributed by atoms with van der Waals surface area (Å²) in [5.41, 5.74) is 0.291. The smallest absolute Gasteiger partial charge is 0.459 e. The van der Waals surface area contributed by atoms with Gasteiger partial charge < -0.3 is 38.8 Å². The number of phosphoric acid groups is 1. The molecule has 1 aliphatic rings. The van der Waals surface area contributed by atoms with Crippen LogP contribution in [0.1, 0.15) is 34.7 Å². The van der Waals surface area contributed by atoms with Crippen molar-refractivity contribution in [1.29, 1.82) is 0 Å². The molecule has 1 aromatic heterocycles. The molecule has 14 heteroatoms. The fourth-order valence-corrected chi connectivity index (χ4v) is 3.87. The molecule has 0 radical (unpaired) electrons. The summed E-state index contributed by atoms with van der Waals surface area (Å²) in [5, 5.41) is 10.9. The van der Waals surface area contributed by atoms with E-state index in [9.17, 15) is 33.8 Å². The lowest BCUT2D eigenvalue weighted by Crippen LogP contribution is -2.61. The van der Waals surface area contributed by atoms with Crippen molar-refractivity contribution in [3.63, 3.8) is 0 Å². The maximum atomic E-state index is 12.8. The van der Waals surface area contributed by atoms with Crippen molar-refractivity contribution in [3.8, 4) is 0 Å². The van der Waals surface area contributed by atoms with Crippen LogP contribution in [0.25, 0.3) is 0 Å². The van der Waals surface area contributed by atoms with E-state index < -0.39 is 63.0 Å². The van der Waals surface area contributed by atoms with Crippen LogP contribution in [-0.4, -0.2) is 75.1 Å². The van der Waals surface area contributed by atoms with Crippen molar-refractivity contribution in [3.05, 3.63) is 71.6 Å². The average molecular weight is 539 g/mol. The molecule has 0 bridgehead atoms. The number of carbonyl (C=O) groups excluding carboxylic acids is 3. The number of allylic oxidation sites excluding steroid dienone is 1. The highest BCUT2D eigenvalue weighted by Gasteiger charge is 2.52. The largest absolute Gasteiger partial charge is 0.470 e. The molecule has 5 atom stereocenters. The number of ether oxygens (including phenoxy) is 4. The number of benzene rings is 1. The number of esters is 3. The van der Waals surface area contributed by atoms with Gasteiger partial charge in [0.25, 0.3) is 0 Å². The third kappa shape index (κ3) is 7.59. The first-order valence-electron chi connectivity index (χ1n) is 11.0. The predicted octanol–water partition coefficient (Wildman–Crippen LogP) is 1.47. The van der Waals surface area contributed by atoms with Gasteiger partial charge in [-0.15, -0.1) is 0 Å². The molecule has 200 valence electrons.